The van der Waals surface area contributed by atoms with Gasteiger partial charge in [0.1, 0.15) is 6.54 Å². The van der Waals surface area contributed by atoms with E-state index in [-0.39, 0.29) is 42.3 Å². The number of carbonyl (C=O) groups is 3. The molecule has 0 spiro atoms. The predicted molar refractivity (Wildman–Crippen MR) is 106 cm³/mol. The minimum Gasteiger partial charge on any atom is -0.351 e. The highest BCUT2D eigenvalue weighted by Crippen LogP contribution is 2.34. The van der Waals surface area contributed by atoms with Gasteiger partial charge in [-0.3, -0.25) is 9.59 Å². The number of fused-ring (bicyclic) bond motifs is 1. The summed E-state index contributed by atoms with van der Waals surface area (Å²) in [4.78, 5) is 41.1. The van der Waals surface area contributed by atoms with Gasteiger partial charge in [-0.1, -0.05) is 30.3 Å². The molecule has 1 aliphatic heterocycles. The molecule has 4 amide bonds. The SMILES string of the molecule is CCN(CC)C(=O)[C@H]1C[C@@H]2CN(C(=O)NCc3ccccc3)CC(=O)N[C@@H]2C1. The van der Waals surface area contributed by atoms with E-state index in [9.17, 15) is 14.4 Å². The van der Waals surface area contributed by atoms with Crippen LogP contribution in [0.5, 0.6) is 0 Å². The van der Waals surface area contributed by atoms with Crippen molar-refractivity contribution in [2.24, 2.45) is 11.8 Å². The average molecular weight is 386 g/mol. The van der Waals surface area contributed by atoms with Gasteiger partial charge in [-0.05, 0) is 38.2 Å². The highest BCUT2D eigenvalue weighted by Gasteiger charge is 2.42. The first-order valence-corrected chi connectivity index (χ1v) is 10.2. The van der Waals surface area contributed by atoms with Gasteiger partial charge in [0, 0.05) is 38.1 Å². The first-order valence-electron chi connectivity index (χ1n) is 10.2. The minimum absolute atomic E-state index is 0.0380. The Bertz CT molecular complexity index is 705. The van der Waals surface area contributed by atoms with Gasteiger partial charge in [-0.25, -0.2) is 4.79 Å². The number of nitrogens with zero attached hydrogens (tertiary/aromatic N) is 2. The molecule has 7 heteroatoms. The Morgan fingerprint density at radius 1 is 1.18 bits per heavy atom. The second kappa shape index (κ2) is 9.08. The molecule has 1 aliphatic carbocycles. The smallest absolute Gasteiger partial charge is 0.318 e. The molecule has 1 aromatic carbocycles. The van der Waals surface area contributed by atoms with Crippen LogP contribution in [0.3, 0.4) is 0 Å². The molecule has 1 heterocycles. The van der Waals surface area contributed by atoms with Crippen LogP contribution in [-0.2, 0) is 16.1 Å². The molecule has 0 aromatic heterocycles. The lowest BCUT2D eigenvalue weighted by Gasteiger charge is -2.24. The Morgan fingerprint density at radius 2 is 1.89 bits per heavy atom. The number of hydrogen-bond donors (Lipinski definition) is 2. The number of rotatable bonds is 5. The molecular weight excluding hydrogens is 356 g/mol. The van der Waals surface area contributed by atoms with Gasteiger partial charge in [-0.15, -0.1) is 0 Å². The normalized spacial score (nSPS) is 24.1. The van der Waals surface area contributed by atoms with Gasteiger partial charge in [0.2, 0.25) is 11.8 Å². The van der Waals surface area contributed by atoms with Crippen LogP contribution in [-0.4, -0.2) is 59.9 Å². The zero-order valence-corrected chi connectivity index (χ0v) is 16.7. The third-order valence-corrected chi connectivity index (χ3v) is 5.83. The van der Waals surface area contributed by atoms with Crippen molar-refractivity contribution in [2.75, 3.05) is 26.2 Å². The molecule has 7 nitrogen and oxygen atoms in total. The van der Waals surface area contributed by atoms with E-state index in [0.717, 1.165) is 5.56 Å². The number of carbonyl (C=O) groups excluding carboxylic acids is 3. The Labute approximate surface area is 166 Å². The quantitative estimate of drug-likeness (QED) is 0.806. The number of urea groups is 1. The lowest BCUT2D eigenvalue weighted by atomic mass is 10.0. The minimum atomic E-state index is -0.238. The topological polar surface area (TPSA) is 81.8 Å². The molecule has 2 N–H and O–H groups in total. The average Bonchev–Trinajstić information content (AvgIpc) is 3.02. The van der Waals surface area contributed by atoms with Crippen LogP contribution >= 0.6 is 0 Å². The fourth-order valence-electron chi connectivity index (χ4n) is 4.31. The Kier molecular flexibility index (Phi) is 6.54. The first kappa shape index (κ1) is 20.2. The fourth-order valence-corrected chi connectivity index (χ4v) is 4.31. The van der Waals surface area contributed by atoms with Crippen molar-refractivity contribution in [3.8, 4) is 0 Å². The van der Waals surface area contributed by atoms with Crippen molar-refractivity contribution in [3.05, 3.63) is 35.9 Å². The molecule has 0 radical (unpaired) electrons. The lowest BCUT2D eigenvalue weighted by molar-refractivity contribution is -0.135. The maximum Gasteiger partial charge on any atom is 0.318 e. The van der Waals surface area contributed by atoms with Crippen LogP contribution in [0.1, 0.15) is 32.3 Å². The molecule has 0 bridgehead atoms. The van der Waals surface area contributed by atoms with Crippen molar-refractivity contribution in [1.82, 2.24) is 20.4 Å². The van der Waals surface area contributed by atoms with E-state index in [1.165, 1.54) is 0 Å². The van der Waals surface area contributed by atoms with E-state index in [1.807, 2.05) is 49.1 Å². The molecule has 1 aromatic rings. The van der Waals surface area contributed by atoms with Crippen LogP contribution in [0.15, 0.2) is 30.3 Å². The van der Waals surface area contributed by atoms with Crippen LogP contribution in [0.25, 0.3) is 0 Å². The summed E-state index contributed by atoms with van der Waals surface area (Å²) in [5.41, 5.74) is 1.01. The Morgan fingerprint density at radius 3 is 2.57 bits per heavy atom. The summed E-state index contributed by atoms with van der Waals surface area (Å²) >= 11 is 0. The predicted octanol–water partition coefficient (Wildman–Crippen LogP) is 1.59. The molecule has 2 aliphatic rings. The monoisotopic (exact) mass is 386 g/mol. The number of nitrogens with one attached hydrogen (secondary N) is 2. The number of amides is 4. The van der Waals surface area contributed by atoms with Crippen molar-refractivity contribution in [1.29, 1.82) is 0 Å². The summed E-state index contributed by atoms with van der Waals surface area (Å²) < 4.78 is 0. The van der Waals surface area contributed by atoms with Gasteiger partial charge in [-0.2, -0.15) is 0 Å². The van der Waals surface area contributed by atoms with E-state index in [2.05, 4.69) is 10.6 Å². The molecule has 1 saturated heterocycles. The fraction of sp³-hybridized carbons (Fsp3) is 0.571. The molecular formula is C21H30N4O3. The van der Waals surface area contributed by atoms with Gasteiger partial charge >= 0.3 is 6.03 Å². The van der Waals surface area contributed by atoms with Crippen LogP contribution in [0.4, 0.5) is 4.79 Å². The van der Waals surface area contributed by atoms with E-state index < -0.39 is 0 Å². The second-order valence-electron chi connectivity index (χ2n) is 7.64. The third-order valence-electron chi connectivity index (χ3n) is 5.83. The highest BCUT2D eigenvalue weighted by atomic mass is 16.2. The largest absolute Gasteiger partial charge is 0.351 e. The standard InChI is InChI=1S/C21H30N4O3/c1-3-24(4-2)20(27)16-10-17-13-25(14-19(26)23-18(17)11-16)21(28)22-12-15-8-6-5-7-9-15/h5-9,16-18H,3-4,10-14H2,1-2H3,(H,22,28)(H,23,26)/t16-,17+,18+/m0/s1. The maximum absolute atomic E-state index is 12.7. The molecule has 0 unspecified atom stereocenters. The van der Waals surface area contributed by atoms with Crippen LogP contribution in [0.2, 0.25) is 0 Å². The Balaban J connectivity index is 1.61. The summed E-state index contributed by atoms with van der Waals surface area (Å²) in [5.74, 6) is 0.0340. The van der Waals surface area contributed by atoms with Crippen molar-refractivity contribution < 1.29 is 14.4 Å². The van der Waals surface area contributed by atoms with Crippen molar-refractivity contribution in [3.63, 3.8) is 0 Å². The first-order chi connectivity index (χ1) is 13.5. The zero-order chi connectivity index (χ0) is 20.1. The lowest BCUT2D eigenvalue weighted by Crippen LogP contribution is -2.44. The third kappa shape index (κ3) is 4.64. The van der Waals surface area contributed by atoms with Gasteiger partial charge in [0.25, 0.3) is 0 Å². The maximum atomic E-state index is 12.7. The Hall–Kier alpha value is -2.57. The molecule has 3 rings (SSSR count). The van der Waals surface area contributed by atoms with Crippen LogP contribution < -0.4 is 10.6 Å². The van der Waals surface area contributed by atoms with E-state index >= 15 is 0 Å². The van der Waals surface area contributed by atoms with Crippen LogP contribution in [0, 0.1) is 11.8 Å². The van der Waals surface area contributed by atoms with E-state index in [0.29, 0.717) is 39.0 Å². The van der Waals surface area contributed by atoms with Crippen molar-refractivity contribution in [2.45, 2.75) is 39.3 Å². The highest BCUT2D eigenvalue weighted by molar-refractivity contribution is 5.85. The zero-order valence-electron chi connectivity index (χ0n) is 16.7. The van der Waals surface area contributed by atoms with E-state index in [4.69, 9.17) is 0 Å². The molecule has 28 heavy (non-hydrogen) atoms. The van der Waals surface area contributed by atoms with E-state index in [1.54, 1.807) is 4.90 Å². The molecule has 2 fully saturated rings. The molecule has 3 atom stereocenters. The summed E-state index contributed by atoms with van der Waals surface area (Å²) in [6.45, 7) is 6.33. The summed E-state index contributed by atoms with van der Waals surface area (Å²) in [7, 11) is 0. The van der Waals surface area contributed by atoms with Crippen molar-refractivity contribution >= 4 is 17.8 Å². The van der Waals surface area contributed by atoms with Gasteiger partial charge in [0.05, 0.1) is 0 Å². The molecule has 1 saturated carbocycles. The summed E-state index contributed by atoms with van der Waals surface area (Å²) in [6, 6.07) is 9.41. The van der Waals surface area contributed by atoms with Gasteiger partial charge in [0.15, 0.2) is 0 Å². The number of hydrogen-bond acceptors (Lipinski definition) is 3. The molecule has 152 valence electrons. The van der Waals surface area contributed by atoms with Gasteiger partial charge < -0.3 is 20.4 Å². The number of benzene rings is 1. The summed E-state index contributed by atoms with van der Waals surface area (Å²) in [6.07, 6.45) is 1.37. The second-order valence-corrected chi connectivity index (χ2v) is 7.64. The summed E-state index contributed by atoms with van der Waals surface area (Å²) in [5, 5.41) is 5.93.